The van der Waals surface area contributed by atoms with Crippen molar-refractivity contribution in [2.45, 2.75) is 24.8 Å². The maximum absolute atomic E-state index is 12.3. The molecule has 0 saturated carbocycles. The van der Waals surface area contributed by atoms with Crippen molar-refractivity contribution in [2.75, 3.05) is 12.4 Å². The van der Waals surface area contributed by atoms with E-state index in [2.05, 4.69) is 10.0 Å². The van der Waals surface area contributed by atoms with Crippen molar-refractivity contribution in [1.29, 1.82) is 0 Å². The van der Waals surface area contributed by atoms with Crippen LogP contribution in [0.4, 0.5) is 5.69 Å². The van der Waals surface area contributed by atoms with Crippen LogP contribution in [-0.2, 0) is 14.8 Å². The first-order valence-corrected chi connectivity index (χ1v) is 8.84. The smallest absolute Gasteiger partial charge is 0.242 e. The molecule has 0 unspecified atom stereocenters. The van der Waals surface area contributed by atoms with Crippen molar-refractivity contribution in [1.82, 2.24) is 4.72 Å². The zero-order valence-electron chi connectivity index (χ0n) is 13.7. The number of aryl methyl sites for hydroxylation is 1. The standard InChI is InChI=1S/C17H20N2O4S/c1-12-4-6-14(7-5-12)18-17(20)13(2)19-24(21,22)16-10-8-15(23-3)9-11-16/h4-11,13,19H,1-3H3,(H,18,20)/t13-/m1/s1. The molecule has 0 aliphatic heterocycles. The molecule has 128 valence electrons. The Hall–Kier alpha value is -2.38. The number of hydrogen-bond donors (Lipinski definition) is 2. The summed E-state index contributed by atoms with van der Waals surface area (Å²) in [5.41, 5.74) is 1.68. The van der Waals surface area contributed by atoms with E-state index < -0.39 is 22.0 Å². The van der Waals surface area contributed by atoms with Gasteiger partial charge in [0.05, 0.1) is 18.0 Å². The van der Waals surface area contributed by atoms with Crippen molar-refractivity contribution in [2.24, 2.45) is 0 Å². The number of carbonyl (C=O) groups is 1. The summed E-state index contributed by atoms with van der Waals surface area (Å²) in [7, 11) is -2.30. The molecule has 2 aromatic carbocycles. The summed E-state index contributed by atoms with van der Waals surface area (Å²) in [5.74, 6) is 0.120. The molecule has 0 aliphatic rings. The van der Waals surface area contributed by atoms with Crippen LogP contribution in [0.5, 0.6) is 5.75 Å². The minimum atomic E-state index is -3.79. The lowest BCUT2D eigenvalue weighted by Crippen LogP contribution is -2.41. The summed E-state index contributed by atoms with van der Waals surface area (Å²) in [6, 6.07) is 12.3. The van der Waals surface area contributed by atoms with Crippen LogP contribution in [0.15, 0.2) is 53.4 Å². The highest BCUT2D eigenvalue weighted by molar-refractivity contribution is 7.89. The Morgan fingerprint density at radius 1 is 1.04 bits per heavy atom. The van der Waals surface area contributed by atoms with Crippen LogP contribution in [-0.4, -0.2) is 27.5 Å². The molecule has 1 amide bonds. The molecular formula is C17H20N2O4S. The SMILES string of the molecule is COc1ccc(S(=O)(=O)N[C@H](C)C(=O)Nc2ccc(C)cc2)cc1. The largest absolute Gasteiger partial charge is 0.497 e. The van der Waals surface area contributed by atoms with Crippen LogP contribution in [0.3, 0.4) is 0 Å². The summed E-state index contributed by atoms with van der Waals surface area (Å²) in [4.78, 5) is 12.2. The first kappa shape index (κ1) is 18.0. The summed E-state index contributed by atoms with van der Waals surface area (Å²) in [6.45, 7) is 3.43. The van der Waals surface area contributed by atoms with E-state index in [9.17, 15) is 13.2 Å². The van der Waals surface area contributed by atoms with E-state index >= 15 is 0 Å². The summed E-state index contributed by atoms with van der Waals surface area (Å²) in [6.07, 6.45) is 0. The van der Waals surface area contributed by atoms with Crippen molar-refractivity contribution in [3.63, 3.8) is 0 Å². The Morgan fingerprint density at radius 2 is 1.62 bits per heavy atom. The first-order valence-electron chi connectivity index (χ1n) is 7.36. The molecule has 2 N–H and O–H groups in total. The highest BCUT2D eigenvalue weighted by atomic mass is 32.2. The second kappa shape index (κ2) is 7.46. The van der Waals surface area contributed by atoms with Gasteiger partial charge in [-0.15, -0.1) is 0 Å². The topological polar surface area (TPSA) is 84.5 Å². The van der Waals surface area contributed by atoms with Gasteiger partial charge in [0, 0.05) is 5.69 Å². The maximum atomic E-state index is 12.3. The van der Waals surface area contributed by atoms with Crippen molar-refractivity contribution in [3.8, 4) is 5.75 Å². The Kier molecular flexibility index (Phi) is 5.58. The molecule has 0 bridgehead atoms. The molecule has 2 rings (SSSR count). The third-order valence-electron chi connectivity index (χ3n) is 3.41. The Bertz CT molecular complexity index is 799. The van der Waals surface area contributed by atoms with E-state index in [-0.39, 0.29) is 4.90 Å². The minimum absolute atomic E-state index is 0.0679. The van der Waals surface area contributed by atoms with Gasteiger partial charge in [0.2, 0.25) is 15.9 Å². The van der Waals surface area contributed by atoms with Crippen molar-refractivity contribution < 1.29 is 17.9 Å². The highest BCUT2D eigenvalue weighted by Crippen LogP contribution is 2.16. The van der Waals surface area contributed by atoms with E-state index in [4.69, 9.17) is 4.74 Å². The molecule has 0 spiro atoms. The average molecular weight is 348 g/mol. The minimum Gasteiger partial charge on any atom is -0.497 e. The second-order valence-electron chi connectivity index (χ2n) is 5.37. The molecule has 0 fully saturated rings. The fraction of sp³-hybridized carbons (Fsp3) is 0.235. The average Bonchev–Trinajstić information content (AvgIpc) is 2.56. The maximum Gasteiger partial charge on any atom is 0.242 e. The lowest BCUT2D eigenvalue weighted by atomic mass is 10.2. The lowest BCUT2D eigenvalue weighted by Gasteiger charge is -2.15. The van der Waals surface area contributed by atoms with Crippen LogP contribution in [0, 0.1) is 6.92 Å². The molecule has 0 saturated heterocycles. The van der Waals surface area contributed by atoms with Crippen molar-refractivity contribution >= 4 is 21.6 Å². The van der Waals surface area contributed by atoms with E-state index in [0.717, 1.165) is 5.56 Å². The molecule has 2 aromatic rings. The van der Waals surface area contributed by atoms with Crippen LogP contribution in [0.25, 0.3) is 0 Å². The molecule has 7 heteroatoms. The van der Waals surface area contributed by atoms with Crippen LogP contribution in [0.1, 0.15) is 12.5 Å². The lowest BCUT2D eigenvalue weighted by molar-refractivity contribution is -0.117. The number of hydrogen-bond acceptors (Lipinski definition) is 4. The third-order valence-corrected chi connectivity index (χ3v) is 4.97. The van der Waals surface area contributed by atoms with Gasteiger partial charge in [0.15, 0.2) is 0 Å². The van der Waals surface area contributed by atoms with Gasteiger partial charge in [-0.2, -0.15) is 4.72 Å². The predicted octanol–water partition coefficient (Wildman–Crippen LogP) is 2.31. The van der Waals surface area contributed by atoms with Gasteiger partial charge in [0.25, 0.3) is 0 Å². The summed E-state index contributed by atoms with van der Waals surface area (Å²) >= 11 is 0. The molecule has 0 heterocycles. The van der Waals surface area contributed by atoms with Gasteiger partial charge in [-0.25, -0.2) is 8.42 Å². The molecule has 6 nitrogen and oxygen atoms in total. The monoisotopic (exact) mass is 348 g/mol. The molecular weight excluding hydrogens is 328 g/mol. The van der Waals surface area contributed by atoms with E-state index in [0.29, 0.717) is 11.4 Å². The molecule has 0 aromatic heterocycles. The Morgan fingerprint density at radius 3 is 2.17 bits per heavy atom. The number of sulfonamides is 1. The highest BCUT2D eigenvalue weighted by Gasteiger charge is 2.22. The first-order chi connectivity index (χ1) is 11.3. The van der Waals surface area contributed by atoms with E-state index in [1.807, 2.05) is 19.1 Å². The van der Waals surface area contributed by atoms with Crippen LogP contribution >= 0.6 is 0 Å². The number of benzene rings is 2. The normalized spacial score (nSPS) is 12.5. The van der Waals surface area contributed by atoms with Crippen LogP contribution < -0.4 is 14.8 Å². The quantitative estimate of drug-likeness (QED) is 0.839. The molecule has 0 aliphatic carbocycles. The fourth-order valence-corrected chi connectivity index (χ4v) is 3.20. The third kappa shape index (κ3) is 4.56. The fourth-order valence-electron chi connectivity index (χ4n) is 2.00. The molecule has 1 atom stereocenters. The number of anilines is 1. The van der Waals surface area contributed by atoms with Gasteiger partial charge in [0.1, 0.15) is 5.75 Å². The number of rotatable bonds is 6. The Labute approximate surface area is 141 Å². The summed E-state index contributed by atoms with van der Waals surface area (Å²) in [5, 5.41) is 2.68. The Balaban J connectivity index is 2.04. The number of amides is 1. The van der Waals surface area contributed by atoms with E-state index in [1.54, 1.807) is 24.3 Å². The van der Waals surface area contributed by atoms with Gasteiger partial charge in [-0.3, -0.25) is 4.79 Å². The number of nitrogens with one attached hydrogen (secondary N) is 2. The van der Waals surface area contributed by atoms with Gasteiger partial charge in [-0.1, -0.05) is 17.7 Å². The number of carbonyl (C=O) groups excluding carboxylic acids is 1. The molecule has 0 radical (unpaired) electrons. The second-order valence-corrected chi connectivity index (χ2v) is 7.09. The van der Waals surface area contributed by atoms with Crippen LogP contribution in [0.2, 0.25) is 0 Å². The summed E-state index contributed by atoms with van der Waals surface area (Å²) < 4.78 is 32.0. The van der Waals surface area contributed by atoms with Gasteiger partial charge >= 0.3 is 0 Å². The predicted molar refractivity (Wildman–Crippen MR) is 92.6 cm³/mol. The zero-order chi connectivity index (χ0) is 17.7. The zero-order valence-corrected chi connectivity index (χ0v) is 14.6. The number of ether oxygens (including phenoxy) is 1. The molecule has 24 heavy (non-hydrogen) atoms. The number of methoxy groups -OCH3 is 1. The van der Waals surface area contributed by atoms with E-state index in [1.165, 1.54) is 26.2 Å². The van der Waals surface area contributed by atoms with Gasteiger partial charge in [-0.05, 0) is 50.2 Å². The van der Waals surface area contributed by atoms with Crippen molar-refractivity contribution in [3.05, 3.63) is 54.1 Å². The van der Waals surface area contributed by atoms with Gasteiger partial charge < -0.3 is 10.1 Å².